The zero-order chi connectivity index (χ0) is 23.3. The zero-order valence-corrected chi connectivity index (χ0v) is 18.3. The molecule has 0 spiro atoms. The molecule has 0 bridgehead atoms. The SMILES string of the molecule is O=[N+]([O-])c1ccc2ncnc(NCCc3ccc(OCc4cccc5ccccc45)cc3)c2c1. The van der Waals surface area contributed by atoms with E-state index >= 15 is 0 Å². The Morgan fingerprint density at radius 2 is 1.71 bits per heavy atom. The van der Waals surface area contributed by atoms with Gasteiger partial charge in [0.2, 0.25) is 0 Å². The smallest absolute Gasteiger partial charge is 0.270 e. The Morgan fingerprint density at radius 3 is 2.56 bits per heavy atom. The van der Waals surface area contributed by atoms with E-state index in [4.69, 9.17) is 4.74 Å². The number of nitro groups is 1. The molecular weight excluding hydrogens is 428 g/mol. The molecule has 4 aromatic carbocycles. The van der Waals surface area contributed by atoms with Crippen LogP contribution in [0.1, 0.15) is 11.1 Å². The standard InChI is InChI=1S/C27H22N4O3/c32-31(33)22-10-13-26-25(16-22)27(30-18-29-26)28-15-14-19-8-11-23(12-9-19)34-17-21-6-3-5-20-4-1-2-7-24(20)21/h1-13,16,18H,14-15,17H2,(H,28,29,30). The molecule has 7 nitrogen and oxygen atoms in total. The Morgan fingerprint density at radius 1 is 0.882 bits per heavy atom. The third-order valence-electron chi connectivity index (χ3n) is 5.73. The number of nitro benzene ring substituents is 1. The van der Waals surface area contributed by atoms with Crippen LogP contribution >= 0.6 is 0 Å². The predicted molar refractivity (Wildman–Crippen MR) is 133 cm³/mol. The molecule has 0 unspecified atom stereocenters. The molecule has 0 amide bonds. The van der Waals surface area contributed by atoms with Gasteiger partial charge in [0.05, 0.1) is 10.4 Å². The molecule has 0 atom stereocenters. The molecule has 34 heavy (non-hydrogen) atoms. The monoisotopic (exact) mass is 450 g/mol. The van der Waals surface area contributed by atoms with Crippen molar-refractivity contribution in [3.63, 3.8) is 0 Å². The summed E-state index contributed by atoms with van der Waals surface area (Å²) in [6, 6.07) is 27.2. The van der Waals surface area contributed by atoms with E-state index in [1.165, 1.54) is 29.2 Å². The van der Waals surface area contributed by atoms with E-state index in [9.17, 15) is 10.1 Å². The zero-order valence-electron chi connectivity index (χ0n) is 18.3. The second kappa shape index (κ2) is 9.54. The Balaban J connectivity index is 1.20. The van der Waals surface area contributed by atoms with Gasteiger partial charge in [-0.2, -0.15) is 0 Å². The number of hydrogen-bond acceptors (Lipinski definition) is 6. The third-order valence-corrected chi connectivity index (χ3v) is 5.73. The first-order chi connectivity index (χ1) is 16.7. The van der Waals surface area contributed by atoms with Gasteiger partial charge in [0.1, 0.15) is 24.5 Å². The van der Waals surface area contributed by atoms with Gasteiger partial charge in [0.25, 0.3) is 5.69 Å². The summed E-state index contributed by atoms with van der Waals surface area (Å²) < 4.78 is 6.02. The number of rotatable bonds is 8. The van der Waals surface area contributed by atoms with Crippen molar-refractivity contribution < 1.29 is 9.66 Å². The number of nitrogens with zero attached hydrogens (tertiary/aromatic N) is 3. The number of benzene rings is 4. The maximum atomic E-state index is 11.1. The molecule has 1 aromatic heterocycles. The van der Waals surface area contributed by atoms with Crippen LogP contribution in [0.5, 0.6) is 5.75 Å². The lowest BCUT2D eigenvalue weighted by Crippen LogP contribution is -2.07. The quantitative estimate of drug-likeness (QED) is 0.233. The molecule has 0 radical (unpaired) electrons. The third kappa shape index (κ3) is 4.63. The van der Waals surface area contributed by atoms with Gasteiger partial charge in [-0.3, -0.25) is 10.1 Å². The van der Waals surface area contributed by atoms with Crippen molar-refractivity contribution in [2.75, 3.05) is 11.9 Å². The fraction of sp³-hybridized carbons (Fsp3) is 0.111. The summed E-state index contributed by atoms with van der Waals surface area (Å²) in [5.74, 6) is 1.41. The van der Waals surface area contributed by atoms with Crippen LogP contribution in [0.3, 0.4) is 0 Å². The number of ether oxygens (including phenoxy) is 1. The topological polar surface area (TPSA) is 90.2 Å². The molecule has 0 aliphatic carbocycles. The highest BCUT2D eigenvalue weighted by atomic mass is 16.6. The summed E-state index contributed by atoms with van der Waals surface area (Å²) in [4.78, 5) is 19.1. The van der Waals surface area contributed by atoms with E-state index in [1.807, 2.05) is 36.4 Å². The lowest BCUT2D eigenvalue weighted by atomic mass is 10.1. The first-order valence-corrected chi connectivity index (χ1v) is 11.0. The summed E-state index contributed by atoms with van der Waals surface area (Å²) in [5, 5.41) is 17.4. The molecule has 0 aliphatic heterocycles. The van der Waals surface area contributed by atoms with Gasteiger partial charge >= 0.3 is 0 Å². The Labute approximate surface area is 196 Å². The predicted octanol–water partition coefficient (Wildman–Crippen LogP) is 5.92. The average molecular weight is 450 g/mol. The minimum absolute atomic E-state index is 0.0180. The van der Waals surface area contributed by atoms with Gasteiger partial charge in [-0.05, 0) is 46.5 Å². The maximum Gasteiger partial charge on any atom is 0.270 e. The highest BCUT2D eigenvalue weighted by Crippen LogP contribution is 2.25. The van der Waals surface area contributed by atoms with Crippen LogP contribution in [0, 0.1) is 10.1 Å². The molecule has 5 rings (SSSR count). The van der Waals surface area contributed by atoms with Crippen molar-refractivity contribution in [2.24, 2.45) is 0 Å². The van der Waals surface area contributed by atoms with Crippen LogP contribution in [0.4, 0.5) is 11.5 Å². The number of anilines is 1. The summed E-state index contributed by atoms with van der Waals surface area (Å²) in [6.07, 6.45) is 2.22. The second-order valence-corrected chi connectivity index (χ2v) is 7.93. The fourth-order valence-corrected chi connectivity index (χ4v) is 3.96. The largest absolute Gasteiger partial charge is 0.489 e. The van der Waals surface area contributed by atoms with Gasteiger partial charge < -0.3 is 10.1 Å². The summed E-state index contributed by atoms with van der Waals surface area (Å²) in [7, 11) is 0. The fourth-order valence-electron chi connectivity index (χ4n) is 3.96. The Kier molecular flexibility index (Phi) is 5.99. The number of non-ortho nitro benzene ring substituents is 1. The summed E-state index contributed by atoms with van der Waals surface area (Å²) >= 11 is 0. The van der Waals surface area contributed by atoms with Gasteiger partial charge in [0, 0.05) is 24.1 Å². The Bertz CT molecular complexity index is 1460. The molecule has 168 valence electrons. The van der Waals surface area contributed by atoms with Gasteiger partial charge in [0.15, 0.2) is 0 Å². The molecule has 5 aromatic rings. The van der Waals surface area contributed by atoms with Crippen LogP contribution in [-0.2, 0) is 13.0 Å². The van der Waals surface area contributed by atoms with Gasteiger partial charge in [-0.15, -0.1) is 0 Å². The molecule has 1 N–H and O–H groups in total. The first-order valence-electron chi connectivity index (χ1n) is 11.0. The molecule has 1 heterocycles. The van der Waals surface area contributed by atoms with Crippen LogP contribution in [0.2, 0.25) is 0 Å². The molecular formula is C27H22N4O3. The number of nitrogens with one attached hydrogen (secondary N) is 1. The molecule has 0 saturated carbocycles. The van der Waals surface area contributed by atoms with E-state index in [0.717, 1.165) is 23.3 Å². The van der Waals surface area contributed by atoms with Gasteiger partial charge in [-0.25, -0.2) is 9.97 Å². The number of aromatic nitrogens is 2. The normalized spacial score (nSPS) is 10.9. The van der Waals surface area contributed by atoms with E-state index in [0.29, 0.717) is 29.9 Å². The van der Waals surface area contributed by atoms with Crippen LogP contribution < -0.4 is 10.1 Å². The van der Waals surface area contributed by atoms with Crippen LogP contribution in [0.25, 0.3) is 21.7 Å². The van der Waals surface area contributed by atoms with Crippen LogP contribution in [-0.4, -0.2) is 21.4 Å². The van der Waals surface area contributed by atoms with Crippen molar-refractivity contribution in [3.8, 4) is 5.75 Å². The highest BCUT2D eigenvalue weighted by molar-refractivity contribution is 5.90. The highest BCUT2D eigenvalue weighted by Gasteiger charge is 2.10. The summed E-state index contributed by atoms with van der Waals surface area (Å²) in [5.41, 5.74) is 2.98. The molecule has 7 heteroatoms. The molecule has 0 aliphatic rings. The minimum Gasteiger partial charge on any atom is -0.489 e. The first kappa shape index (κ1) is 21.3. The lowest BCUT2D eigenvalue weighted by molar-refractivity contribution is -0.384. The molecule has 0 saturated heterocycles. The van der Waals surface area contributed by atoms with E-state index in [1.54, 1.807) is 6.07 Å². The van der Waals surface area contributed by atoms with Crippen molar-refractivity contribution in [1.82, 2.24) is 9.97 Å². The van der Waals surface area contributed by atoms with Crippen molar-refractivity contribution in [3.05, 3.63) is 112 Å². The van der Waals surface area contributed by atoms with E-state index < -0.39 is 4.92 Å². The number of hydrogen-bond donors (Lipinski definition) is 1. The van der Waals surface area contributed by atoms with Crippen molar-refractivity contribution >= 4 is 33.2 Å². The van der Waals surface area contributed by atoms with E-state index in [2.05, 4.69) is 45.6 Å². The van der Waals surface area contributed by atoms with E-state index in [-0.39, 0.29) is 5.69 Å². The minimum atomic E-state index is -0.417. The Hall–Kier alpha value is -4.52. The maximum absolute atomic E-state index is 11.1. The molecule has 0 fully saturated rings. The van der Waals surface area contributed by atoms with Crippen molar-refractivity contribution in [2.45, 2.75) is 13.0 Å². The number of fused-ring (bicyclic) bond motifs is 2. The van der Waals surface area contributed by atoms with Crippen LogP contribution in [0.15, 0.2) is 91.3 Å². The summed E-state index contributed by atoms with van der Waals surface area (Å²) in [6.45, 7) is 1.14. The van der Waals surface area contributed by atoms with Crippen molar-refractivity contribution in [1.29, 1.82) is 0 Å². The van der Waals surface area contributed by atoms with Gasteiger partial charge in [-0.1, -0.05) is 54.6 Å². The second-order valence-electron chi connectivity index (χ2n) is 7.93. The lowest BCUT2D eigenvalue weighted by Gasteiger charge is -2.11. The average Bonchev–Trinajstić information content (AvgIpc) is 2.88.